The lowest BCUT2D eigenvalue weighted by Gasteiger charge is -2.28. The number of anilines is 1. The maximum Gasteiger partial charge on any atom is 0.142 e. The molecule has 2 rings (SSSR count). The van der Waals surface area contributed by atoms with Crippen LogP contribution in [0, 0.1) is 0 Å². The molecule has 0 aromatic heterocycles. The minimum atomic E-state index is 0.193. The third-order valence-corrected chi connectivity index (χ3v) is 3.11. The Kier molecular flexibility index (Phi) is 2.83. The van der Waals surface area contributed by atoms with Gasteiger partial charge in [0.2, 0.25) is 0 Å². The zero-order chi connectivity index (χ0) is 11.8. The van der Waals surface area contributed by atoms with Gasteiger partial charge >= 0.3 is 0 Å². The quantitative estimate of drug-likeness (QED) is 0.779. The predicted molar refractivity (Wildman–Crippen MR) is 68.3 cm³/mol. The molecule has 1 unspecified atom stereocenters. The van der Waals surface area contributed by atoms with Gasteiger partial charge in [0, 0.05) is 0 Å². The normalized spacial score (nSPS) is 19.6. The number of rotatable bonds is 1. The molecular formula is C14H21NO. The van der Waals surface area contributed by atoms with Crippen molar-refractivity contribution in [1.29, 1.82) is 0 Å². The number of hydrogen-bond donors (Lipinski definition) is 1. The van der Waals surface area contributed by atoms with Crippen molar-refractivity contribution in [3.8, 4) is 5.75 Å². The molecule has 0 radical (unpaired) electrons. The highest BCUT2D eigenvalue weighted by atomic mass is 16.5. The second-order valence-electron chi connectivity index (χ2n) is 5.49. The van der Waals surface area contributed by atoms with Crippen molar-refractivity contribution >= 4 is 5.69 Å². The minimum Gasteiger partial charge on any atom is -0.486 e. The summed E-state index contributed by atoms with van der Waals surface area (Å²) in [6, 6.07) is 6.46. The molecule has 88 valence electrons. The van der Waals surface area contributed by atoms with Gasteiger partial charge in [-0.1, -0.05) is 33.8 Å². The van der Waals surface area contributed by atoms with E-state index in [1.165, 1.54) is 5.56 Å². The summed E-state index contributed by atoms with van der Waals surface area (Å²) in [5, 5.41) is 3.45. The van der Waals surface area contributed by atoms with Crippen molar-refractivity contribution in [2.45, 2.75) is 45.6 Å². The van der Waals surface area contributed by atoms with Gasteiger partial charge in [0.15, 0.2) is 0 Å². The molecule has 0 amide bonds. The Labute approximate surface area is 98.0 Å². The van der Waals surface area contributed by atoms with Crippen LogP contribution in [0.4, 0.5) is 5.69 Å². The first-order valence-electron chi connectivity index (χ1n) is 6.06. The fraction of sp³-hybridized carbons (Fsp3) is 0.571. The van der Waals surface area contributed by atoms with Crippen molar-refractivity contribution in [2.24, 2.45) is 0 Å². The molecule has 1 aromatic rings. The largest absolute Gasteiger partial charge is 0.486 e. The van der Waals surface area contributed by atoms with Crippen molar-refractivity contribution in [3.63, 3.8) is 0 Å². The van der Waals surface area contributed by atoms with E-state index in [0.29, 0.717) is 6.10 Å². The van der Waals surface area contributed by atoms with Crippen molar-refractivity contribution in [2.75, 3.05) is 11.9 Å². The van der Waals surface area contributed by atoms with Crippen LogP contribution in [0.3, 0.4) is 0 Å². The van der Waals surface area contributed by atoms with Gasteiger partial charge in [-0.05, 0) is 29.5 Å². The average Bonchev–Trinajstić information content (AvgIpc) is 2.26. The van der Waals surface area contributed by atoms with Gasteiger partial charge in [-0.2, -0.15) is 0 Å². The van der Waals surface area contributed by atoms with E-state index in [-0.39, 0.29) is 5.41 Å². The van der Waals surface area contributed by atoms with E-state index in [2.05, 4.69) is 51.2 Å². The lowest BCUT2D eigenvalue weighted by molar-refractivity contribution is 0.201. The minimum absolute atomic E-state index is 0.193. The Morgan fingerprint density at radius 2 is 2.12 bits per heavy atom. The topological polar surface area (TPSA) is 21.3 Å². The molecule has 0 spiro atoms. The number of hydrogen-bond acceptors (Lipinski definition) is 2. The summed E-state index contributed by atoms with van der Waals surface area (Å²) in [5.41, 5.74) is 2.67. The van der Waals surface area contributed by atoms with E-state index in [1.54, 1.807) is 0 Å². The van der Waals surface area contributed by atoms with E-state index < -0.39 is 0 Å². The Morgan fingerprint density at radius 3 is 2.75 bits per heavy atom. The Morgan fingerprint density at radius 1 is 1.38 bits per heavy atom. The van der Waals surface area contributed by atoms with Gasteiger partial charge in [-0.15, -0.1) is 0 Å². The number of ether oxygens (including phenoxy) is 1. The van der Waals surface area contributed by atoms with E-state index in [1.807, 2.05) is 0 Å². The van der Waals surface area contributed by atoms with E-state index >= 15 is 0 Å². The van der Waals surface area contributed by atoms with Crippen LogP contribution < -0.4 is 10.1 Å². The van der Waals surface area contributed by atoms with Crippen LogP contribution in [0.15, 0.2) is 18.2 Å². The predicted octanol–water partition coefficient (Wildman–Crippen LogP) is 3.57. The number of fused-ring (bicyclic) bond motifs is 1. The molecule has 1 aromatic carbocycles. The van der Waals surface area contributed by atoms with Crippen LogP contribution in [0.25, 0.3) is 0 Å². The highest BCUT2D eigenvalue weighted by molar-refractivity contribution is 5.60. The average molecular weight is 219 g/mol. The first kappa shape index (κ1) is 11.3. The molecule has 2 nitrogen and oxygen atoms in total. The Balaban J connectivity index is 2.28. The third-order valence-electron chi connectivity index (χ3n) is 3.11. The molecule has 0 aliphatic carbocycles. The summed E-state index contributed by atoms with van der Waals surface area (Å²) in [7, 11) is 0. The first-order valence-corrected chi connectivity index (χ1v) is 6.06. The van der Waals surface area contributed by atoms with Crippen LogP contribution in [0.2, 0.25) is 0 Å². The summed E-state index contributed by atoms with van der Waals surface area (Å²) < 4.78 is 5.89. The fourth-order valence-corrected chi connectivity index (χ4v) is 1.91. The SMILES string of the molecule is CCC1CNc2cc(C(C)(C)C)ccc2O1. The fourth-order valence-electron chi connectivity index (χ4n) is 1.91. The highest BCUT2D eigenvalue weighted by Gasteiger charge is 2.20. The van der Waals surface area contributed by atoms with Crippen LogP contribution in [-0.2, 0) is 5.41 Å². The zero-order valence-electron chi connectivity index (χ0n) is 10.6. The summed E-state index contributed by atoms with van der Waals surface area (Å²) in [6.07, 6.45) is 1.36. The smallest absolute Gasteiger partial charge is 0.142 e. The van der Waals surface area contributed by atoms with Crippen LogP contribution in [-0.4, -0.2) is 12.6 Å². The molecule has 2 heteroatoms. The zero-order valence-corrected chi connectivity index (χ0v) is 10.6. The molecule has 0 fully saturated rings. The van der Waals surface area contributed by atoms with Crippen LogP contribution in [0.1, 0.15) is 39.7 Å². The standard InChI is InChI=1S/C14H21NO/c1-5-11-9-15-12-8-10(14(2,3)4)6-7-13(12)16-11/h6-8,11,15H,5,9H2,1-4H3. The monoisotopic (exact) mass is 219 g/mol. The molecular weight excluding hydrogens is 198 g/mol. The highest BCUT2D eigenvalue weighted by Crippen LogP contribution is 2.34. The summed E-state index contributed by atoms with van der Waals surface area (Å²) in [4.78, 5) is 0. The van der Waals surface area contributed by atoms with Gasteiger partial charge in [0.25, 0.3) is 0 Å². The van der Waals surface area contributed by atoms with E-state index in [9.17, 15) is 0 Å². The maximum absolute atomic E-state index is 5.89. The molecule has 1 heterocycles. The molecule has 1 aliphatic heterocycles. The van der Waals surface area contributed by atoms with Gasteiger partial charge in [0.1, 0.15) is 11.9 Å². The van der Waals surface area contributed by atoms with Gasteiger partial charge in [-0.25, -0.2) is 0 Å². The third kappa shape index (κ3) is 2.16. The summed E-state index contributed by atoms with van der Waals surface area (Å²) in [6.45, 7) is 9.76. The molecule has 1 atom stereocenters. The maximum atomic E-state index is 5.89. The van der Waals surface area contributed by atoms with Crippen molar-refractivity contribution in [1.82, 2.24) is 0 Å². The molecule has 0 saturated heterocycles. The van der Waals surface area contributed by atoms with Crippen LogP contribution in [0.5, 0.6) is 5.75 Å². The van der Waals surface area contributed by atoms with Crippen molar-refractivity contribution in [3.05, 3.63) is 23.8 Å². The van der Waals surface area contributed by atoms with E-state index in [4.69, 9.17) is 4.74 Å². The lowest BCUT2D eigenvalue weighted by atomic mass is 9.86. The summed E-state index contributed by atoms with van der Waals surface area (Å²) in [5.74, 6) is 0.992. The number of nitrogens with one attached hydrogen (secondary N) is 1. The molecule has 16 heavy (non-hydrogen) atoms. The lowest BCUT2D eigenvalue weighted by Crippen LogP contribution is -2.30. The molecule has 0 saturated carbocycles. The van der Waals surface area contributed by atoms with Crippen LogP contribution >= 0.6 is 0 Å². The molecule has 1 aliphatic rings. The number of benzene rings is 1. The summed E-state index contributed by atoms with van der Waals surface area (Å²) >= 11 is 0. The Hall–Kier alpha value is -1.18. The van der Waals surface area contributed by atoms with Gasteiger partial charge in [-0.3, -0.25) is 0 Å². The Bertz CT molecular complexity index is 379. The molecule has 1 N–H and O–H groups in total. The van der Waals surface area contributed by atoms with E-state index in [0.717, 1.165) is 24.4 Å². The first-order chi connectivity index (χ1) is 7.50. The second-order valence-corrected chi connectivity index (χ2v) is 5.49. The van der Waals surface area contributed by atoms with Gasteiger partial charge in [0.05, 0.1) is 12.2 Å². The van der Waals surface area contributed by atoms with Gasteiger partial charge < -0.3 is 10.1 Å². The second kappa shape index (κ2) is 4.00. The molecule has 0 bridgehead atoms. The van der Waals surface area contributed by atoms with Crippen molar-refractivity contribution < 1.29 is 4.74 Å².